The summed E-state index contributed by atoms with van der Waals surface area (Å²) in [6.45, 7) is 3.66. The van der Waals surface area contributed by atoms with E-state index in [0.29, 0.717) is 51.7 Å². The zero-order valence-electron chi connectivity index (χ0n) is 19.5. The van der Waals surface area contributed by atoms with Gasteiger partial charge in [0.05, 0.1) is 16.3 Å². The van der Waals surface area contributed by atoms with Gasteiger partial charge in [-0.3, -0.25) is 4.79 Å². The monoisotopic (exact) mass is 521 g/mol. The molecule has 2 aromatic heterocycles. The van der Waals surface area contributed by atoms with E-state index < -0.39 is 11.9 Å². The van der Waals surface area contributed by atoms with E-state index in [0.717, 1.165) is 17.5 Å². The van der Waals surface area contributed by atoms with Crippen molar-refractivity contribution in [3.05, 3.63) is 92.5 Å². The number of carbonyl (C=O) groups is 2. The highest BCUT2D eigenvalue weighted by molar-refractivity contribution is 6.36. The van der Waals surface area contributed by atoms with Gasteiger partial charge in [0.1, 0.15) is 11.3 Å². The van der Waals surface area contributed by atoms with E-state index >= 15 is 0 Å². The summed E-state index contributed by atoms with van der Waals surface area (Å²) in [5, 5.41) is 5.87. The van der Waals surface area contributed by atoms with Crippen LogP contribution in [0.1, 0.15) is 56.3 Å². The first kappa shape index (κ1) is 24.0. The molecule has 0 saturated heterocycles. The molecule has 0 aliphatic heterocycles. The van der Waals surface area contributed by atoms with Gasteiger partial charge in [-0.25, -0.2) is 15.2 Å². The summed E-state index contributed by atoms with van der Waals surface area (Å²) in [4.78, 5) is 30.3. The standard InChI is InChI=1S/C27H21Cl2N3O4/c1-14-9-10-16-5-3-8-22(24(16)30-14)36-27(34)25-15(2)23-20(6-4-7-21(23)35-25)31-32-26(33)18-12-11-17(28)13-19(18)29/h3,5,8-13H,4,6-7H2,1-2H3,(H,32,33)/b31-20+. The summed E-state index contributed by atoms with van der Waals surface area (Å²) in [6, 6.07) is 13.9. The van der Waals surface area contributed by atoms with Crippen LogP contribution in [-0.4, -0.2) is 22.6 Å². The van der Waals surface area contributed by atoms with Crippen LogP contribution in [-0.2, 0) is 6.42 Å². The van der Waals surface area contributed by atoms with E-state index in [1.54, 1.807) is 19.1 Å². The van der Waals surface area contributed by atoms with Crippen molar-refractivity contribution >= 4 is 51.7 Å². The number of nitrogens with zero attached hydrogens (tertiary/aromatic N) is 2. The summed E-state index contributed by atoms with van der Waals surface area (Å²) in [6.07, 6.45) is 2.02. The lowest BCUT2D eigenvalue weighted by molar-refractivity contribution is 0.0700. The number of benzene rings is 2. The molecule has 0 bridgehead atoms. The van der Waals surface area contributed by atoms with Gasteiger partial charge in [0.25, 0.3) is 5.91 Å². The largest absolute Gasteiger partial charge is 0.453 e. The predicted molar refractivity (Wildman–Crippen MR) is 138 cm³/mol. The van der Waals surface area contributed by atoms with Crippen LogP contribution in [0, 0.1) is 13.8 Å². The van der Waals surface area contributed by atoms with Gasteiger partial charge in [-0.05, 0) is 57.0 Å². The molecule has 0 fully saturated rings. The third kappa shape index (κ3) is 4.59. The summed E-state index contributed by atoms with van der Waals surface area (Å²) >= 11 is 12.1. The normalized spacial score (nSPS) is 14.1. The van der Waals surface area contributed by atoms with Gasteiger partial charge >= 0.3 is 5.97 Å². The fraction of sp³-hybridized carbons (Fsp3) is 0.185. The highest BCUT2D eigenvalue weighted by Gasteiger charge is 2.29. The molecule has 0 unspecified atom stereocenters. The average molecular weight is 522 g/mol. The molecule has 7 nitrogen and oxygen atoms in total. The lowest BCUT2D eigenvalue weighted by atomic mass is 9.93. The Morgan fingerprint density at radius 3 is 2.72 bits per heavy atom. The van der Waals surface area contributed by atoms with Crippen LogP contribution in [0.3, 0.4) is 0 Å². The first-order valence-electron chi connectivity index (χ1n) is 11.3. The second-order valence-electron chi connectivity index (χ2n) is 8.50. The molecule has 182 valence electrons. The highest BCUT2D eigenvalue weighted by atomic mass is 35.5. The maximum absolute atomic E-state index is 13.1. The number of aryl methyl sites for hydroxylation is 2. The Balaban J connectivity index is 1.41. The molecular weight excluding hydrogens is 501 g/mol. The number of furan rings is 1. The number of fused-ring (bicyclic) bond motifs is 2. The second kappa shape index (κ2) is 9.76. The molecule has 5 rings (SSSR count). The second-order valence-corrected chi connectivity index (χ2v) is 9.35. The number of hydrogen-bond donors (Lipinski definition) is 1. The molecule has 0 saturated carbocycles. The molecule has 36 heavy (non-hydrogen) atoms. The molecule has 1 N–H and O–H groups in total. The van der Waals surface area contributed by atoms with Crippen molar-refractivity contribution in [2.75, 3.05) is 0 Å². The number of para-hydroxylation sites is 1. The maximum atomic E-state index is 13.1. The van der Waals surface area contributed by atoms with Gasteiger partial charge in [0, 0.05) is 33.7 Å². The van der Waals surface area contributed by atoms with Gasteiger partial charge in [0.2, 0.25) is 5.76 Å². The van der Waals surface area contributed by atoms with Crippen molar-refractivity contribution in [2.24, 2.45) is 5.10 Å². The zero-order chi connectivity index (χ0) is 25.4. The Bertz CT molecular complexity index is 1560. The Hall–Kier alpha value is -3.68. The fourth-order valence-electron chi connectivity index (χ4n) is 4.27. The zero-order valence-corrected chi connectivity index (χ0v) is 21.0. The molecule has 4 aromatic rings. The van der Waals surface area contributed by atoms with Gasteiger partial charge < -0.3 is 9.15 Å². The van der Waals surface area contributed by atoms with Crippen LogP contribution < -0.4 is 10.2 Å². The minimum atomic E-state index is -0.617. The number of hydrazone groups is 1. The molecule has 0 spiro atoms. The number of rotatable bonds is 4. The number of nitrogens with one attached hydrogen (secondary N) is 1. The molecule has 2 aromatic carbocycles. The van der Waals surface area contributed by atoms with Gasteiger partial charge in [-0.15, -0.1) is 0 Å². The molecule has 1 amide bonds. The molecule has 0 atom stereocenters. The Morgan fingerprint density at radius 1 is 1.08 bits per heavy atom. The van der Waals surface area contributed by atoms with E-state index in [9.17, 15) is 9.59 Å². The van der Waals surface area contributed by atoms with Crippen molar-refractivity contribution in [1.29, 1.82) is 0 Å². The SMILES string of the molecule is Cc1ccc2cccc(OC(=O)c3oc4c(c3C)/C(=N/NC(=O)c3ccc(Cl)cc3Cl)CCC4)c2n1. The highest BCUT2D eigenvalue weighted by Crippen LogP contribution is 2.32. The van der Waals surface area contributed by atoms with Gasteiger partial charge in [0.15, 0.2) is 5.75 Å². The third-order valence-corrected chi connectivity index (χ3v) is 6.55. The Labute approximate surface area is 217 Å². The van der Waals surface area contributed by atoms with Crippen LogP contribution in [0.2, 0.25) is 10.0 Å². The number of hydrogen-bond acceptors (Lipinski definition) is 6. The fourth-order valence-corrected chi connectivity index (χ4v) is 4.77. The van der Waals surface area contributed by atoms with E-state index in [1.807, 2.05) is 31.2 Å². The maximum Gasteiger partial charge on any atom is 0.380 e. The molecule has 1 aliphatic carbocycles. The minimum Gasteiger partial charge on any atom is -0.453 e. The Kier molecular flexibility index (Phi) is 6.51. The van der Waals surface area contributed by atoms with Crippen molar-refractivity contribution in [3.8, 4) is 5.75 Å². The first-order chi connectivity index (χ1) is 17.3. The minimum absolute atomic E-state index is 0.103. The number of esters is 1. The Morgan fingerprint density at radius 2 is 1.92 bits per heavy atom. The average Bonchev–Trinajstić information content (AvgIpc) is 3.20. The first-order valence-corrected chi connectivity index (χ1v) is 12.1. The molecule has 1 aliphatic rings. The smallest absolute Gasteiger partial charge is 0.380 e. The number of halogens is 2. The lowest BCUT2D eigenvalue weighted by Crippen LogP contribution is -2.22. The number of aromatic nitrogens is 1. The van der Waals surface area contributed by atoms with E-state index in [-0.39, 0.29) is 16.3 Å². The van der Waals surface area contributed by atoms with Crippen LogP contribution in [0.5, 0.6) is 5.75 Å². The van der Waals surface area contributed by atoms with E-state index in [4.69, 9.17) is 32.4 Å². The van der Waals surface area contributed by atoms with Crippen LogP contribution >= 0.6 is 23.2 Å². The van der Waals surface area contributed by atoms with E-state index in [1.165, 1.54) is 12.1 Å². The van der Waals surface area contributed by atoms with Crippen molar-refractivity contribution < 1.29 is 18.7 Å². The summed E-state index contributed by atoms with van der Waals surface area (Å²) in [5.74, 6) is 0.0160. The molecular formula is C27H21Cl2N3O4. The van der Waals surface area contributed by atoms with Gasteiger partial charge in [-0.2, -0.15) is 5.10 Å². The quantitative estimate of drug-likeness (QED) is 0.189. The third-order valence-electron chi connectivity index (χ3n) is 6.00. The molecule has 0 radical (unpaired) electrons. The summed E-state index contributed by atoms with van der Waals surface area (Å²) in [7, 11) is 0. The van der Waals surface area contributed by atoms with Gasteiger partial charge in [-0.1, -0.05) is 41.4 Å². The number of ether oxygens (including phenoxy) is 1. The summed E-state index contributed by atoms with van der Waals surface area (Å²) < 4.78 is 11.6. The van der Waals surface area contributed by atoms with Crippen LogP contribution in [0.15, 0.2) is 58.0 Å². The predicted octanol–water partition coefficient (Wildman–Crippen LogP) is 6.44. The molecule has 9 heteroatoms. The topological polar surface area (TPSA) is 93.8 Å². The number of pyridine rings is 1. The van der Waals surface area contributed by atoms with Crippen molar-refractivity contribution in [3.63, 3.8) is 0 Å². The molecule has 2 heterocycles. The van der Waals surface area contributed by atoms with Crippen molar-refractivity contribution in [2.45, 2.75) is 33.1 Å². The number of amides is 1. The summed E-state index contributed by atoms with van der Waals surface area (Å²) in [5.41, 5.74) is 6.18. The lowest BCUT2D eigenvalue weighted by Gasteiger charge is -2.13. The van der Waals surface area contributed by atoms with E-state index in [2.05, 4.69) is 15.5 Å². The van der Waals surface area contributed by atoms with Crippen molar-refractivity contribution in [1.82, 2.24) is 10.4 Å². The number of carbonyl (C=O) groups excluding carboxylic acids is 2. The van der Waals surface area contributed by atoms with Crippen LogP contribution in [0.4, 0.5) is 0 Å². The van der Waals surface area contributed by atoms with Crippen LogP contribution in [0.25, 0.3) is 10.9 Å².